The molecule has 0 bridgehead atoms. The van der Waals surface area contributed by atoms with Crippen molar-refractivity contribution in [2.75, 3.05) is 58.3 Å². The summed E-state index contributed by atoms with van der Waals surface area (Å²) in [6, 6.07) is 36.8. The Labute approximate surface area is 629 Å². The molecule has 28 nitrogen and oxygen atoms in total. The number of pyridine rings is 4. The van der Waals surface area contributed by atoms with Crippen LogP contribution < -0.4 is 45.9 Å². The number of aromatic hydroxyl groups is 2. The van der Waals surface area contributed by atoms with E-state index in [0.717, 1.165) is 50.2 Å². The third-order valence-electron chi connectivity index (χ3n) is 19.9. The van der Waals surface area contributed by atoms with Crippen LogP contribution in [0.3, 0.4) is 0 Å². The Bertz CT molecular complexity index is 5200. The fourth-order valence-electron chi connectivity index (χ4n) is 14.0. The maximum Gasteiger partial charge on any atom is 0.278 e. The topological polar surface area (TPSA) is 360 Å². The average Bonchev–Trinajstić information content (AvgIpc) is 1.68. The number of carbonyl (C=O) groups excluding carboxylic acids is 4. The van der Waals surface area contributed by atoms with Crippen LogP contribution in [0.2, 0.25) is 0 Å². The van der Waals surface area contributed by atoms with Crippen molar-refractivity contribution >= 4 is 111 Å². The van der Waals surface area contributed by atoms with E-state index in [-0.39, 0.29) is 46.5 Å². The molecule has 8 N–H and O–H groups in total. The van der Waals surface area contributed by atoms with Gasteiger partial charge in [-0.15, -0.1) is 20.4 Å². The molecular formula is C80H89N17O11S. The number of nitrogens with zero attached hydrogens (tertiary/aromatic N) is 12. The highest BCUT2D eigenvalue weighted by Gasteiger charge is 2.26. The number of carbonyl (C=O) groups is 4. The van der Waals surface area contributed by atoms with Gasteiger partial charge in [0.2, 0.25) is 23.5 Å². The zero-order valence-corrected chi connectivity index (χ0v) is 62.1. The molecule has 4 aromatic carbocycles. The van der Waals surface area contributed by atoms with Crippen molar-refractivity contribution in [3.63, 3.8) is 0 Å². The molecular weight excluding hydrogens is 1410 g/mol. The molecule has 4 aliphatic rings. The summed E-state index contributed by atoms with van der Waals surface area (Å²) in [4.78, 5) is 65.3. The van der Waals surface area contributed by atoms with Crippen LogP contribution in [-0.2, 0) is 37.7 Å². The SMILES string of the molecule is C=S1(=O)CCC(Oc2nn(C)c3cc(NC(=O)c4ncccc4O)ccc23)CC1.Cn1nc(OCC2CCCC2)c2ccc(NC(=O)c3ccccn3)cc21.Cn1nc(OCC2CCCC2)c2ccc(NC(=O)c3ncccc3N)cc21.Cn1nc(OCC2CCCC2)c2ccc(NC(=O)c3ncccc3O)cc21. The van der Waals surface area contributed by atoms with E-state index in [9.17, 15) is 33.6 Å². The van der Waals surface area contributed by atoms with Gasteiger partial charge >= 0.3 is 0 Å². The molecule has 109 heavy (non-hydrogen) atoms. The van der Waals surface area contributed by atoms with Crippen LogP contribution in [0.1, 0.15) is 132 Å². The van der Waals surface area contributed by atoms with Gasteiger partial charge in [0, 0.05) is 87.2 Å². The Morgan fingerprint density at radius 2 is 0.780 bits per heavy atom. The molecule has 16 rings (SSSR count). The van der Waals surface area contributed by atoms with Crippen LogP contribution in [0.25, 0.3) is 43.6 Å². The van der Waals surface area contributed by atoms with Crippen LogP contribution in [-0.4, -0.2) is 140 Å². The molecule has 4 amide bonds. The number of nitrogens with one attached hydrogen (secondary N) is 4. The summed E-state index contributed by atoms with van der Waals surface area (Å²) in [6.07, 6.45) is 22.6. The molecule has 4 fully saturated rings. The Balaban J connectivity index is 0.000000128. The van der Waals surface area contributed by atoms with Gasteiger partial charge in [0.05, 0.1) is 69.1 Å². The smallest absolute Gasteiger partial charge is 0.278 e. The highest BCUT2D eigenvalue weighted by atomic mass is 32.2. The van der Waals surface area contributed by atoms with Crippen LogP contribution in [0, 0.1) is 17.8 Å². The number of fused-ring (bicyclic) bond motifs is 4. The van der Waals surface area contributed by atoms with Gasteiger partial charge in [-0.05, 0) is 206 Å². The van der Waals surface area contributed by atoms with Gasteiger partial charge in [-0.1, -0.05) is 44.6 Å². The third-order valence-corrected chi connectivity index (χ3v) is 21.9. The second-order valence-electron chi connectivity index (χ2n) is 27.9. The van der Waals surface area contributed by atoms with Crippen molar-refractivity contribution in [2.24, 2.45) is 45.9 Å². The number of hydrogen-bond acceptors (Lipinski definition) is 20. The lowest BCUT2D eigenvalue weighted by Crippen LogP contribution is -2.30. The monoisotopic (exact) mass is 1500 g/mol. The number of hydrogen-bond donors (Lipinski definition) is 7. The Kier molecular flexibility index (Phi) is 23.6. The van der Waals surface area contributed by atoms with Crippen LogP contribution in [0.15, 0.2) is 152 Å². The number of anilines is 5. The minimum atomic E-state index is -1.96. The van der Waals surface area contributed by atoms with Crippen molar-refractivity contribution < 1.29 is 52.5 Å². The van der Waals surface area contributed by atoms with Crippen LogP contribution in [0.5, 0.6) is 35.0 Å². The third kappa shape index (κ3) is 18.6. The first-order valence-electron chi connectivity index (χ1n) is 36.7. The molecule has 3 saturated carbocycles. The normalized spacial score (nSPS) is 16.5. The second kappa shape index (κ2) is 34.2. The first kappa shape index (κ1) is 75.1. The van der Waals surface area contributed by atoms with Gasteiger partial charge in [0.25, 0.3) is 23.6 Å². The molecule has 1 aliphatic heterocycles. The Morgan fingerprint density at radius 3 is 1.15 bits per heavy atom. The summed E-state index contributed by atoms with van der Waals surface area (Å²) in [5.74, 6) is 7.39. The molecule has 1 saturated heterocycles. The van der Waals surface area contributed by atoms with E-state index >= 15 is 0 Å². The maximum atomic E-state index is 12.4. The van der Waals surface area contributed by atoms with Crippen molar-refractivity contribution in [2.45, 2.75) is 96.0 Å². The Hall–Kier alpha value is -12.1. The molecule has 3 aliphatic carbocycles. The van der Waals surface area contributed by atoms with E-state index in [2.05, 4.69) is 67.5 Å². The van der Waals surface area contributed by atoms with Crippen molar-refractivity contribution in [3.05, 3.63) is 175 Å². The largest absolute Gasteiger partial charge is 0.505 e. The highest BCUT2D eigenvalue weighted by molar-refractivity contribution is 8.00. The average molecular weight is 1500 g/mol. The first-order valence-corrected chi connectivity index (χ1v) is 38.7. The molecule has 0 atom stereocenters. The van der Waals surface area contributed by atoms with Crippen LogP contribution >= 0.6 is 0 Å². The van der Waals surface area contributed by atoms with E-state index in [1.165, 1.54) is 102 Å². The first-order chi connectivity index (χ1) is 52.8. The van der Waals surface area contributed by atoms with Gasteiger partial charge in [-0.2, -0.15) is 0 Å². The summed E-state index contributed by atoms with van der Waals surface area (Å²) < 4.78 is 43.0. The van der Waals surface area contributed by atoms with E-state index in [1.807, 2.05) is 75.7 Å². The molecule has 0 spiro atoms. The van der Waals surface area contributed by atoms with E-state index in [4.69, 9.17) is 24.7 Å². The van der Waals surface area contributed by atoms with Crippen LogP contribution in [0.4, 0.5) is 28.4 Å². The zero-order valence-electron chi connectivity index (χ0n) is 61.3. The molecule has 29 heteroatoms. The van der Waals surface area contributed by atoms with E-state index in [0.29, 0.717) is 113 Å². The lowest BCUT2D eigenvalue weighted by atomic mass is 10.1. The van der Waals surface area contributed by atoms with Gasteiger partial charge in [0.15, 0.2) is 17.1 Å². The zero-order chi connectivity index (χ0) is 76.1. The summed E-state index contributed by atoms with van der Waals surface area (Å²) in [7, 11) is 5.44. The number of ether oxygens (including phenoxy) is 4. The minimum Gasteiger partial charge on any atom is -0.505 e. The van der Waals surface area contributed by atoms with Gasteiger partial charge in [-0.3, -0.25) is 47.1 Å². The fourth-order valence-corrected chi connectivity index (χ4v) is 15.6. The van der Waals surface area contributed by atoms with Crippen molar-refractivity contribution in [1.29, 1.82) is 0 Å². The van der Waals surface area contributed by atoms with E-state index in [1.54, 1.807) is 98.8 Å². The summed E-state index contributed by atoms with van der Waals surface area (Å²) >= 11 is 0. The standard InChI is InChI=1S/C20H23N5O2.C20H22N4O4S.C20H22N4O3.C20H22N4O2/c1-25-17-11-14(23-19(26)18-16(21)7-4-10-22-18)8-9-15(17)20(24-25)27-12-13-5-2-3-6-13;1-24-16-12-13(22-19(26)18-17(25)4-3-9-21-18)5-6-15(16)20(23-24)28-14-7-10-29(2,27)11-8-14;1-24-16-11-14(22-19(26)18-17(25)7-4-10-21-18)8-9-15(16)20(23-24)27-12-13-5-2-3-6-13;1-24-18-12-15(22-19(25)17-8-4-5-11-21-17)9-10-16(18)20(23-24)26-13-14-6-2-3-7-14/h4,7-11,13H,2-3,5-6,12,21H2,1H3,(H,23,26);3-6,9,12,14,25H,2,7-8,10-11H2,1H3,(H,22,26);4,7-11,13,25H,2-3,5-6,12H2,1H3,(H,22,26);4-5,8-12,14H,2-3,6-7,13H2,1H3,(H,22,25). The second-order valence-corrected chi connectivity index (χ2v) is 30.7. The maximum absolute atomic E-state index is 12.4. The van der Waals surface area contributed by atoms with E-state index < -0.39 is 21.3 Å². The number of amides is 4. The minimum absolute atomic E-state index is 0.0109. The molecule has 8 aromatic heterocycles. The van der Waals surface area contributed by atoms with Gasteiger partial charge < -0.3 is 56.2 Å². The molecule has 566 valence electrons. The van der Waals surface area contributed by atoms with Crippen molar-refractivity contribution in [3.8, 4) is 35.0 Å². The lowest BCUT2D eigenvalue weighted by Gasteiger charge is -2.24. The summed E-state index contributed by atoms with van der Waals surface area (Å²) in [5.41, 5.74) is 12.7. The number of benzene rings is 4. The quantitative estimate of drug-likeness (QED) is 0.0370. The number of nitrogens with two attached hydrogens (primary N) is 1. The molecule has 9 heterocycles. The van der Waals surface area contributed by atoms with Gasteiger partial charge in [0.1, 0.15) is 23.3 Å². The number of nitrogen functional groups attached to an aromatic ring is 1. The molecule has 0 unspecified atom stereocenters. The summed E-state index contributed by atoms with van der Waals surface area (Å²) in [6.45, 7) is 2.14. The van der Waals surface area contributed by atoms with Gasteiger partial charge in [-0.25, -0.2) is 15.0 Å². The molecule has 12 aromatic rings. The van der Waals surface area contributed by atoms with Crippen molar-refractivity contribution in [1.82, 2.24) is 59.1 Å². The number of rotatable bonds is 19. The predicted molar refractivity (Wildman–Crippen MR) is 420 cm³/mol. The fraction of sp³-hybridized carbons (Fsp3) is 0.338. The molecule has 0 radical (unpaired) electrons. The lowest BCUT2D eigenvalue weighted by molar-refractivity contribution is 0.101. The summed E-state index contributed by atoms with van der Waals surface area (Å²) in [5, 5.41) is 52.3. The number of aromatic nitrogens is 12. The predicted octanol–water partition coefficient (Wildman–Crippen LogP) is 12.8. The number of aryl methyl sites for hydroxylation is 4. The Morgan fingerprint density at radius 1 is 0.440 bits per heavy atom. The highest BCUT2D eigenvalue weighted by Crippen LogP contribution is 2.36.